The van der Waals surface area contributed by atoms with Gasteiger partial charge >= 0.3 is 12.1 Å². The molecule has 190 valence electrons. The molecule has 3 aromatic rings. The van der Waals surface area contributed by atoms with E-state index in [1.807, 2.05) is 42.5 Å². The van der Waals surface area contributed by atoms with Gasteiger partial charge in [-0.15, -0.1) is 0 Å². The van der Waals surface area contributed by atoms with Gasteiger partial charge in [-0.25, -0.2) is 4.79 Å². The molecule has 0 aromatic heterocycles. The maximum Gasteiger partial charge on any atom is 0.414 e. The lowest BCUT2D eigenvalue weighted by molar-refractivity contribution is -0.141. The summed E-state index contributed by atoms with van der Waals surface area (Å²) in [6, 6.07) is 18.4. The van der Waals surface area contributed by atoms with Crippen molar-refractivity contribution in [1.29, 1.82) is 0 Å². The predicted molar refractivity (Wildman–Crippen MR) is 140 cm³/mol. The maximum atomic E-state index is 12.5. The van der Waals surface area contributed by atoms with Crippen LogP contribution in [0.1, 0.15) is 25.0 Å². The summed E-state index contributed by atoms with van der Waals surface area (Å²) in [4.78, 5) is 25.7. The summed E-state index contributed by atoms with van der Waals surface area (Å²) in [6.45, 7) is 3.29. The second-order valence-electron chi connectivity index (χ2n) is 7.57. The third-order valence-corrected chi connectivity index (χ3v) is 5.65. The van der Waals surface area contributed by atoms with Crippen molar-refractivity contribution < 1.29 is 28.5 Å². The lowest BCUT2D eigenvalue weighted by atomic mass is 10.0. The summed E-state index contributed by atoms with van der Waals surface area (Å²) in [6.07, 6.45) is -0.0867. The molecule has 1 amide bonds. The van der Waals surface area contributed by atoms with E-state index in [4.69, 9.17) is 42.1 Å². The Morgan fingerprint density at radius 1 is 0.889 bits per heavy atom. The van der Waals surface area contributed by atoms with Crippen LogP contribution >= 0.6 is 23.2 Å². The minimum Gasteiger partial charge on any atom is -0.496 e. The first-order chi connectivity index (χ1) is 17.4. The van der Waals surface area contributed by atoms with E-state index in [-0.39, 0.29) is 41.2 Å². The highest BCUT2D eigenvalue weighted by Crippen LogP contribution is 2.41. The van der Waals surface area contributed by atoms with E-state index in [0.29, 0.717) is 12.2 Å². The van der Waals surface area contributed by atoms with Crippen LogP contribution in [0.4, 0.5) is 10.5 Å². The SMILES string of the molecule is CCOC(=O)CN(C(=O)OCC)c1cc(Cl)c(Oc2ccc(OC)c(Cc3ccccc3)c2)c(Cl)c1. The van der Waals surface area contributed by atoms with Crippen LogP contribution in [0.3, 0.4) is 0 Å². The molecule has 0 atom stereocenters. The number of amides is 1. The van der Waals surface area contributed by atoms with Gasteiger partial charge in [-0.3, -0.25) is 9.69 Å². The zero-order chi connectivity index (χ0) is 26.1. The van der Waals surface area contributed by atoms with Crippen LogP contribution in [0.15, 0.2) is 60.7 Å². The number of nitrogens with zero attached hydrogens (tertiary/aromatic N) is 1. The number of methoxy groups -OCH3 is 1. The van der Waals surface area contributed by atoms with Crippen molar-refractivity contribution in [2.75, 3.05) is 31.8 Å². The topological polar surface area (TPSA) is 74.3 Å². The largest absolute Gasteiger partial charge is 0.496 e. The summed E-state index contributed by atoms with van der Waals surface area (Å²) in [5, 5.41) is 0.298. The number of halogens is 2. The summed E-state index contributed by atoms with van der Waals surface area (Å²) in [7, 11) is 1.61. The zero-order valence-electron chi connectivity index (χ0n) is 20.3. The van der Waals surface area contributed by atoms with Gasteiger partial charge in [-0.05, 0) is 49.7 Å². The molecule has 0 unspecified atom stereocenters. The van der Waals surface area contributed by atoms with E-state index in [1.165, 1.54) is 12.1 Å². The fraction of sp³-hybridized carbons (Fsp3) is 0.259. The standard InChI is InChI=1S/C27H27Cl2NO6/c1-4-34-25(31)17-30(27(32)35-5-2)20-15-22(28)26(23(29)16-20)36-21-11-12-24(33-3)19(14-21)13-18-9-7-6-8-10-18/h6-12,14-16H,4-5,13,17H2,1-3H3. The highest BCUT2D eigenvalue weighted by Gasteiger charge is 2.24. The molecule has 0 aliphatic carbocycles. The number of benzene rings is 3. The van der Waals surface area contributed by atoms with E-state index < -0.39 is 12.1 Å². The van der Waals surface area contributed by atoms with Crippen molar-refractivity contribution in [2.45, 2.75) is 20.3 Å². The van der Waals surface area contributed by atoms with Crippen molar-refractivity contribution in [2.24, 2.45) is 0 Å². The minimum absolute atomic E-state index is 0.129. The molecule has 3 aromatic carbocycles. The number of hydrogen-bond donors (Lipinski definition) is 0. The Hall–Kier alpha value is -3.42. The number of hydrogen-bond acceptors (Lipinski definition) is 6. The van der Waals surface area contributed by atoms with E-state index >= 15 is 0 Å². The molecular weight excluding hydrogens is 505 g/mol. The average molecular weight is 532 g/mol. The quantitative estimate of drug-likeness (QED) is 0.264. The Morgan fingerprint density at radius 3 is 2.17 bits per heavy atom. The molecule has 7 nitrogen and oxygen atoms in total. The lowest BCUT2D eigenvalue weighted by Crippen LogP contribution is -2.37. The second kappa shape index (κ2) is 13.0. The van der Waals surface area contributed by atoms with Crippen LogP contribution in [0.5, 0.6) is 17.2 Å². The molecule has 0 saturated carbocycles. The number of carbonyl (C=O) groups is 2. The third-order valence-electron chi connectivity index (χ3n) is 5.08. The van der Waals surface area contributed by atoms with Crippen molar-refractivity contribution in [3.8, 4) is 17.2 Å². The first kappa shape index (κ1) is 27.2. The van der Waals surface area contributed by atoms with E-state index in [1.54, 1.807) is 27.0 Å². The molecular formula is C27H27Cl2NO6. The molecule has 0 bridgehead atoms. The fourth-order valence-corrected chi connectivity index (χ4v) is 4.04. The Balaban J connectivity index is 1.89. The molecule has 0 saturated heterocycles. The van der Waals surface area contributed by atoms with Crippen molar-refractivity contribution in [3.05, 3.63) is 81.8 Å². The highest BCUT2D eigenvalue weighted by molar-refractivity contribution is 6.37. The maximum absolute atomic E-state index is 12.5. The van der Waals surface area contributed by atoms with Gasteiger partial charge in [0.05, 0.1) is 36.1 Å². The monoisotopic (exact) mass is 531 g/mol. The predicted octanol–water partition coefficient (Wildman–Crippen LogP) is 6.91. The smallest absolute Gasteiger partial charge is 0.414 e. The highest BCUT2D eigenvalue weighted by atomic mass is 35.5. The van der Waals surface area contributed by atoms with Crippen molar-refractivity contribution in [3.63, 3.8) is 0 Å². The fourth-order valence-electron chi connectivity index (χ4n) is 3.49. The summed E-state index contributed by atoms with van der Waals surface area (Å²) in [5.41, 5.74) is 2.31. The van der Waals surface area contributed by atoms with E-state index in [9.17, 15) is 9.59 Å². The number of ether oxygens (including phenoxy) is 4. The Bertz CT molecular complexity index is 1180. The molecule has 0 heterocycles. The van der Waals surface area contributed by atoms with Gasteiger partial charge in [-0.1, -0.05) is 53.5 Å². The van der Waals surface area contributed by atoms with Gasteiger partial charge in [0.2, 0.25) is 0 Å². The van der Waals surface area contributed by atoms with Gasteiger partial charge < -0.3 is 18.9 Å². The van der Waals surface area contributed by atoms with Crippen LogP contribution in [0.2, 0.25) is 10.0 Å². The normalized spacial score (nSPS) is 10.5. The van der Waals surface area contributed by atoms with Crippen LogP contribution in [-0.4, -0.2) is 38.9 Å². The van der Waals surface area contributed by atoms with E-state index in [0.717, 1.165) is 21.8 Å². The lowest BCUT2D eigenvalue weighted by Gasteiger charge is -2.22. The van der Waals surface area contributed by atoms with Crippen molar-refractivity contribution >= 4 is 41.0 Å². The Kier molecular flexibility index (Phi) is 9.85. The molecule has 3 rings (SSSR count). The average Bonchev–Trinajstić information content (AvgIpc) is 2.86. The van der Waals surface area contributed by atoms with Crippen LogP contribution in [-0.2, 0) is 20.7 Å². The molecule has 0 aliphatic rings. The van der Waals surface area contributed by atoms with Gasteiger partial charge in [-0.2, -0.15) is 0 Å². The molecule has 9 heteroatoms. The first-order valence-corrected chi connectivity index (χ1v) is 12.1. The Morgan fingerprint density at radius 2 is 1.56 bits per heavy atom. The van der Waals surface area contributed by atoms with Crippen LogP contribution < -0.4 is 14.4 Å². The first-order valence-electron chi connectivity index (χ1n) is 11.3. The van der Waals surface area contributed by atoms with Gasteiger partial charge in [0.1, 0.15) is 18.0 Å². The molecule has 0 N–H and O–H groups in total. The molecule has 0 fully saturated rings. The van der Waals surface area contributed by atoms with Gasteiger partial charge in [0.15, 0.2) is 5.75 Å². The summed E-state index contributed by atoms with van der Waals surface area (Å²) >= 11 is 13.0. The third kappa shape index (κ3) is 7.06. The zero-order valence-corrected chi connectivity index (χ0v) is 21.8. The number of carbonyl (C=O) groups excluding carboxylic acids is 2. The molecule has 0 aliphatic heterocycles. The molecule has 36 heavy (non-hydrogen) atoms. The minimum atomic E-state index is -0.730. The van der Waals surface area contributed by atoms with Crippen molar-refractivity contribution in [1.82, 2.24) is 0 Å². The van der Waals surface area contributed by atoms with Gasteiger partial charge in [0, 0.05) is 12.0 Å². The molecule has 0 radical (unpaired) electrons. The molecule has 0 spiro atoms. The van der Waals surface area contributed by atoms with Crippen LogP contribution in [0.25, 0.3) is 0 Å². The van der Waals surface area contributed by atoms with Gasteiger partial charge in [0.25, 0.3) is 0 Å². The van der Waals surface area contributed by atoms with E-state index in [2.05, 4.69) is 0 Å². The number of rotatable bonds is 10. The number of anilines is 1. The summed E-state index contributed by atoms with van der Waals surface area (Å²) < 4.78 is 21.6. The summed E-state index contributed by atoms with van der Waals surface area (Å²) in [5.74, 6) is 0.843. The second-order valence-corrected chi connectivity index (χ2v) is 8.38. The Labute approximate surface area is 220 Å². The van der Waals surface area contributed by atoms with Crippen LogP contribution in [0, 0.1) is 0 Å². The number of esters is 1.